The molecule has 0 saturated carbocycles. The lowest BCUT2D eigenvalue weighted by Gasteiger charge is -2.08. The number of hydrogen-bond acceptors (Lipinski definition) is 2. The van der Waals surface area contributed by atoms with Crippen LogP contribution < -0.4 is 4.74 Å². The predicted octanol–water partition coefficient (Wildman–Crippen LogP) is 4.82. The number of fused-ring (bicyclic) bond motifs is 1. The lowest BCUT2D eigenvalue weighted by Crippen LogP contribution is -2.08. The summed E-state index contributed by atoms with van der Waals surface area (Å²) >= 11 is 3.44. The fraction of sp³-hybridized carbons (Fsp3) is 0. The Morgan fingerprint density at radius 3 is 2.15 bits per heavy atom. The quantitative estimate of drug-likeness (QED) is 0.498. The molecule has 0 saturated heterocycles. The van der Waals surface area contributed by atoms with Crippen LogP contribution >= 0.6 is 15.9 Å². The lowest BCUT2D eigenvalue weighted by atomic mass is 10.1. The van der Waals surface area contributed by atoms with Crippen LogP contribution in [0.1, 0.15) is 10.4 Å². The van der Waals surface area contributed by atoms with Gasteiger partial charge in [0.15, 0.2) is 0 Å². The van der Waals surface area contributed by atoms with Crippen LogP contribution in [0, 0.1) is 0 Å². The van der Waals surface area contributed by atoms with Crippen LogP contribution in [0.5, 0.6) is 5.75 Å². The van der Waals surface area contributed by atoms with Gasteiger partial charge in [-0.15, -0.1) is 0 Å². The molecular weight excluding hydrogens is 316 g/mol. The average molecular weight is 327 g/mol. The van der Waals surface area contributed by atoms with Crippen LogP contribution in [-0.4, -0.2) is 5.97 Å². The third-order valence-electron chi connectivity index (χ3n) is 3.01. The minimum atomic E-state index is -0.360. The molecule has 3 aromatic carbocycles. The van der Waals surface area contributed by atoms with Gasteiger partial charge < -0.3 is 4.74 Å². The summed E-state index contributed by atoms with van der Waals surface area (Å²) in [6.07, 6.45) is 0. The molecule has 0 unspecified atom stereocenters. The smallest absolute Gasteiger partial charge is 0.343 e. The number of carbonyl (C=O) groups excluding carboxylic acids is 1. The Morgan fingerprint density at radius 2 is 1.45 bits per heavy atom. The van der Waals surface area contributed by atoms with Crippen LogP contribution in [-0.2, 0) is 0 Å². The minimum absolute atomic E-state index is 0.360. The SMILES string of the molecule is O=C(Oc1cc2ccccc2cc1Br)c1ccccc1. The summed E-state index contributed by atoms with van der Waals surface area (Å²) in [6, 6.07) is 20.7. The van der Waals surface area contributed by atoms with E-state index in [1.807, 2.05) is 54.6 Å². The zero-order valence-electron chi connectivity index (χ0n) is 10.5. The standard InChI is InChI=1S/C17H11BrO2/c18-15-10-13-8-4-5-9-14(13)11-16(15)20-17(19)12-6-2-1-3-7-12/h1-11H. The molecule has 0 bridgehead atoms. The first-order valence-corrected chi connectivity index (χ1v) is 6.99. The maximum atomic E-state index is 12.1. The summed E-state index contributed by atoms with van der Waals surface area (Å²) in [4.78, 5) is 12.1. The Morgan fingerprint density at radius 1 is 0.850 bits per heavy atom. The summed E-state index contributed by atoms with van der Waals surface area (Å²) in [5, 5.41) is 2.13. The summed E-state index contributed by atoms with van der Waals surface area (Å²) in [7, 11) is 0. The van der Waals surface area contributed by atoms with Gasteiger partial charge in [0.25, 0.3) is 0 Å². The first-order valence-electron chi connectivity index (χ1n) is 6.19. The third kappa shape index (κ3) is 2.58. The highest BCUT2D eigenvalue weighted by molar-refractivity contribution is 9.10. The topological polar surface area (TPSA) is 26.3 Å². The Hall–Kier alpha value is -2.13. The second-order valence-corrected chi connectivity index (χ2v) is 5.24. The molecule has 0 radical (unpaired) electrons. The van der Waals surface area contributed by atoms with Crippen LogP contribution in [0.25, 0.3) is 10.8 Å². The third-order valence-corrected chi connectivity index (χ3v) is 3.63. The molecule has 0 aromatic heterocycles. The molecule has 98 valence electrons. The van der Waals surface area contributed by atoms with Crippen molar-refractivity contribution in [2.24, 2.45) is 0 Å². The molecule has 0 N–H and O–H groups in total. The van der Waals surface area contributed by atoms with Crippen LogP contribution in [0.3, 0.4) is 0 Å². The number of hydrogen-bond donors (Lipinski definition) is 0. The predicted molar refractivity (Wildman–Crippen MR) is 83.0 cm³/mol. The molecular formula is C17H11BrO2. The zero-order valence-corrected chi connectivity index (χ0v) is 12.1. The van der Waals surface area contributed by atoms with Crippen molar-refractivity contribution in [3.05, 3.63) is 76.8 Å². The number of ether oxygens (including phenoxy) is 1. The van der Waals surface area contributed by atoms with Gasteiger partial charge in [-0.3, -0.25) is 0 Å². The molecule has 3 rings (SSSR count). The van der Waals surface area contributed by atoms with Crippen molar-refractivity contribution < 1.29 is 9.53 Å². The van der Waals surface area contributed by atoms with Gasteiger partial charge in [-0.25, -0.2) is 4.79 Å². The Labute approximate surface area is 125 Å². The highest BCUT2D eigenvalue weighted by atomic mass is 79.9. The Bertz CT molecular complexity index is 766. The number of benzene rings is 3. The van der Waals surface area contributed by atoms with E-state index in [4.69, 9.17) is 4.74 Å². The number of carbonyl (C=O) groups is 1. The van der Waals surface area contributed by atoms with E-state index in [9.17, 15) is 4.79 Å². The Balaban J connectivity index is 1.95. The molecule has 0 aliphatic rings. The van der Waals surface area contributed by atoms with E-state index in [1.165, 1.54) is 0 Å². The van der Waals surface area contributed by atoms with Crippen molar-refractivity contribution in [3.8, 4) is 5.75 Å². The van der Waals surface area contributed by atoms with Crippen molar-refractivity contribution >= 4 is 32.7 Å². The van der Waals surface area contributed by atoms with Crippen molar-refractivity contribution in [3.63, 3.8) is 0 Å². The van der Waals surface area contributed by atoms with E-state index < -0.39 is 0 Å². The summed E-state index contributed by atoms with van der Waals surface area (Å²) in [6.45, 7) is 0. The van der Waals surface area contributed by atoms with Crippen molar-refractivity contribution in [2.45, 2.75) is 0 Å². The van der Waals surface area contributed by atoms with Gasteiger partial charge in [0.05, 0.1) is 10.0 Å². The molecule has 0 amide bonds. The molecule has 3 aromatic rings. The van der Waals surface area contributed by atoms with E-state index in [2.05, 4.69) is 15.9 Å². The van der Waals surface area contributed by atoms with Gasteiger partial charge in [-0.05, 0) is 51.0 Å². The normalized spacial score (nSPS) is 10.4. The maximum absolute atomic E-state index is 12.1. The van der Waals surface area contributed by atoms with Crippen molar-refractivity contribution in [1.29, 1.82) is 0 Å². The fourth-order valence-electron chi connectivity index (χ4n) is 2.00. The number of rotatable bonds is 2. The van der Waals surface area contributed by atoms with Crippen molar-refractivity contribution in [1.82, 2.24) is 0 Å². The van der Waals surface area contributed by atoms with E-state index >= 15 is 0 Å². The van der Waals surface area contributed by atoms with Gasteiger partial charge in [0.1, 0.15) is 5.75 Å². The second-order valence-electron chi connectivity index (χ2n) is 4.39. The second kappa shape index (κ2) is 5.47. The molecule has 2 nitrogen and oxygen atoms in total. The molecule has 3 heteroatoms. The molecule has 0 heterocycles. The summed E-state index contributed by atoms with van der Waals surface area (Å²) in [5.41, 5.74) is 0.535. The molecule has 0 atom stereocenters. The van der Waals surface area contributed by atoms with E-state index in [0.717, 1.165) is 15.2 Å². The van der Waals surface area contributed by atoms with E-state index in [0.29, 0.717) is 11.3 Å². The summed E-state index contributed by atoms with van der Waals surface area (Å²) in [5.74, 6) is 0.166. The van der Waals surface area contributed by atoms with Crippen molar-refractivity contribution in [2.75, 3.05) is 0 Å². The molecule has 0 aliphatic heterocycles. The fourth-order valence-corrected chi connectivity index (χ4v) is 2.44. The van der Waals surface area contributed by atoms with Gasteiger partial charge in [0, 0.05) is 0 Å². The Kier molecular flexibility index (Phi) is 3.52. The number of esters is 1. The van der Waals surface area contributed by atoms with Crippen LogP contribution in [0.2, 0.25) is 0 Å². The van der Waals surface area contributed by atoms with Gasteiger partial charge in [-0.2, -0.15) is 0 Å². The van der Waals surface area contributed by atoms with E-state index in [1.54, 1.807) is 12.1 Å². The van der Waals surface area contributed by atoms with Gasteiger partial charge >= 0.3 is 5.97 Å². The molecule has 0 spiro atoms. The van der Waals surface area contributed by atoms with Gasteiger partial charge in [-0.1, -0.05) is 42.5 Å². The van der Waals surface area contributed by atoms with Gasteiger partial charge in [0.2, 0.25) is 0 Å². The molecule has 0 aliphatic carbocycles. The lowest BCUT2D eigenvalue weighted by molar-refractivity contribution is 0.0734. The monoisotopic (exact) mass is 326 g/mol. The first-order chi connectivity index (χ1) is 9.74. The first kappa shape index (κ1) is 12.9. The number of halogens is 1. The highest BCUT2D eigenvalue weighted by Gasteiger charge is 2.11. The largest absolute Gasteiger partial charge is 0.422 e. The van der Waals surface area contributed by atoms with Crippen LogP contribution in [0.4, 0.5) is 0 Å². The summed E-state index contributed by atoms with van der Waals surface area (Å²) < 4.78 is 6.22. The zero-order chi connectivity index (χ0) is 13.9. The molecule has 0 fully saturated rings. The maximum Gasteiger partial charge on any atom is 0.343 e. The van der Waals surface area contributed by atoms with E-state index in [-0.39, 0.29) is 5.97 Å². The average Bonchev–Trinajstić information content (AvgIpc) is 2.49. The molecule has 20 heavy (non-hydrogen) atoms. The highest BCUT2D eigenvalue weighted by Crippen LogP contribution is 2.30. The minimum Gasteiger partial charge on any atom is -0.422 e. The van der Waals surface area contributed by atoms with Crippen LogP contribution in [0.15, 0.2) is 71.2 Å².